The van der Waals surface area contributed by atoms with E-state index in [2.05, 4.69) is 27.4 Å². The van der Waals surface area contributed by atoms with Gasteiger partial charge in [-0.25, -0.2) is 38.4 Å². The number of urea groups is 1. The number of nitrogens with one attached hydrogen (secondary N) is 4. The number of aromatic nitrogens is 2. The Kier molecular flexibility index (Phi) is 11.9. The van der Waals surface area contributed by atoms with Crippen LogP contribution in [-0.4, -0.2) is 106 Å². The molecule has 0 spiro atoms. The molecule has 19 heteroatoms. The summed E-state index contributed by atoms with van der Waals surface area (Å²) in [5, 5.41) is 9.77. The number of hydrazine groups is 1. The Hall–Kier alpha value is -5.17. The molecule has 1 aromatic carbocycles. The van der Waals surface area contributed by atoms with E-state index in [0.717, 1.165) is 10.1 Å². The monoisotopic (exact) mass is 854 g/mol. The molecule has 2 aliphatic carbocycles. The first-order chi connectivity index (χ1) is 27.5. The summed E-state index contributed by atoms with van der Waals surface area (Å²) in [5.41, 5.74) is 0.761. The molecule has 1 aliphatic heterocycles. The molecule has 59 heavy (non-hydrogen) atoms. The largest absolute Gasteiger partial charge is 0.497 e. The summed E-state index contributed by atoms with van der Waals surface area (Å²) in [6, 6.07) is 5.30. The molecule has 1 saturated heterocycles. The number of likely N-dealkylation sites (tertiary alicyclic amines) is 1. The summed E-state index contributed by atoms with van der Waals surface area (Å²) in [6.45, 7) is 17.9. The third kappa shape index (κ3) is 9.83. The van der Waals surface area contributed by atoms with Crippen molar-refractivity contribution in [2.45, 2.75) is 121 Å². The van der Waals surface area contributed by atoms with Crippen LogP contribution in [0, 0.1) is 5.92 Å². The number of thiazole rings is 1. The summed E-state index contributed by atoms with van der Waals surface area (Å²) < 4.78 is 45.4. The van der Waals surface area contributed by atoms with Gasteiger partial charge in [0, 0.05) is 41.3 Å². The van der Waals surface area contributed by atoms with Crippen molar-refractivity contribution >= 4 is 61.3 Å². The molecule has 3 heterocycles. The summed E-state index contributed by atoms with van der Waals surface area (Å²) in [7, 11) is -2.38. The van der Waals surface area contributed by atoms with Gasteiger partial charge in [0.15, 0.2) is 5.13 Å². The second-order valence-electron chi connectivity index (χ2n) is 17.5. The Morgan fingerprint density at radius 3 is 2.37 bits per heavy atom. The Morgan fingerprint density at radius 2 is 1.78 bits per heavy atom. The number of carbonyl (C=O) groups excluding carboxylic acids is 4. The highest BCUT2D eigenvalue weighted by Crippen LogP contribution is 2.46. The molecule has 2 aromatic heterocycles. The zero-order chi connectivity index (χ0) is 43.2. The van der Waals surface area contributed by atoms with Crippen molar-refractivity contribution in [2.24, 2.45) is 5.92 Å². The summed E-state index contributed by atoms with van der Waals surface area (Å²) in [4.78, 5) is 66.7. The maximum absolute atomic E-state index is 14.6. The lowest BCUT2D eigenvalue weighted by molar-refractivity contribution is -0.131. The van der Waals surface area contributed by atoms with E-state index in [9.17, 15) is 27.6 Å². The number of methoxy groups -OCH3 is 1. The van der Waals surface area contributed by atoms with Crippen LogP contribution in [0.2, 0.25) is 0 Å². The van der Waals surface area contributed by atoms with Crippen LogP contribution in [0.3, 0.4) is 0 Å². The summed E-state index contributed by atoms with van der Waals surface area (Å²) in [6.07, 6.45) is 0.782. The minimum Gasteiger partial charge on any atom is -0.497 e. The molecule has 4 atom stereocenters. The lowest BCUT2D eigenvalue weighted by atomic mass is 10.1. The van der Waals surface area contributed by atoms with Crippen LogP contribution in [0.15, 0.2) is 42.3 Å². The minimum absolute atomic E-state index is 0.0344. The molecule has 3 aromatic rings. The highest BCUT2D eigenvalue weighted by Gasteiger charge is 2.62. The van der Waals surface area contributed by atoms with Gasteiger partial charge < -0.3 is 29.7 Å². The van der Waals surface area contributed by atoms with E-state index in [1.807, 2.05) is 25.3 Å². The third-order valence-corrected chi connectivity index (χ3v) is 12.6. The molecule has 3 fully saturated rings. The van der Waals surface area contributed by atoms with E-state index in [1.165, 1.54) is 22.3 Å². The molecule has 2 unspecified atom stereocenters. The topological polar surface area (TPSA) is 210 Å². The van der Waals surface area contributed by atoms with Crippen molar-refractivity contribution in [1.82, 2.24) is 35.3 Å². The highest BCUT2D eigenvalue weighted by atomic mass is 32.2. The average molecular weight is 855 g/mol. The van der Waals surface area contributed by atoms with Gasteiger partial charge in [-0.2, -0.15) is 0 Å². The number of nitrogens with zero attached hydrogens (tertiary/aromatic N) is 4. The zero-order valence-corrected chi connectivity index (χ0v) is 36.5. The van der Waals surface area contributed by atoms with Gasteiger partial charge in [-0.1, -0.05) is 6.08 Å². The molecule has 4 N–H and O–H groups in total. The van der Waals surface area contributed by atoms with Crippen molar-refractivity contribution < 1.29 is 41.8 Å². The Balaban J connectivity index is 1.35. The first kappa shape index (κ1) is 43.4. The average Bonchev–Trinajstić information content (AvgIpc) is 4.03. The number of sulfonamides is 1. The van der Waals surface area contributed by atoms with Gasteiger partial charge in [0.1, 0.15) is 40.5 Å². The van der Waals surface area contributed by atoms with Crippen molar-refractivity contribution in [3.05, 3.63) is 42.3 Å². The number of hydrogen-bond acceptors (Lipinski definition) is 13. The standard InChI is InChI=1S/C40H54N8O9S2/c1-11-23-19-40(23,34(50)46-59(53,54)26-13-14-26)44-33(49)31-17-25(20-47(31)37(52)48(38(4,5)6)45-36(51)57-39(7,8)9)56-32-18-29(30-21-58-35(43-30)41-22(2)3)42-28-16-24(55-10)12-15-27(28)32/h11-12,15-16,18,21-23,25-26,31H,1,13-14,17,19-20H2,2-10H3,(H,41,43)(H,44,49)(H,45,51)(H,46,50)/t23-,25?,31+,40?/m1/s1. The van der Waals surface area contributed by atoms with Crippen LogP contribution in [0.1, 0.15) is 81.1 Å². The zero-order valence-electron chi connectivity index (χ0n) is 34.9. The predicted molar refractivity (Wildman–Crippen MR) is 223 cm³/mol. The van der Waals surface area contributed by atoms with E-state index in [1.54, 1.807) is 66.9 Å². The van der Waals surface area contributed by atoms with Crippen LogP contribution >= 0.6 is 11.3 Å². The smallest absolute Gasteiger partial charge is 0.426 e. The lowest BCUT2D eigenvalue weighted by Gasteiger charge is -2.39. The van der Waals surface area contributed by atoms with E-state index < -0.39 is 74.0 Å². The third-order valence-electron chi connectivity index (χ3n) is 9.98. The molecule has 2 saturated carbocycles. The van der Waals surface area contributed by atoms with E-state index in [4.69, 9.17) is 24.2 Å². The first-order valence-electron chi connectivity index (χ1n) is 19.5. The molecule has 6 rings (SSSR count). The van der Waals surface area contributed by atoms with Crippen LogP contribution in [0.5, 0.6) is 11.5 Å². The number of amides is 5. The van der Waals surface area contributed by atoms with Crippen molar-refractivity contribution in [2.75, 3.05) is 19.0 Å². The quantitative estimate of drug-likeness (QED) is 0.135. The maximum Gasteiger partial charge on any atom is 0.426 e. The fraction of sp³-hybridized carbons (Fsp3) is 0.550. The van der Waals surface area contributed by atoms with Crippen LogP contribution < -0.4 is 30.3 Å². The number of ether oxygens (including phenoxy) is 3. The minimum atomic E-state index is -3.93. The van der Waals surface area contributed by atoms with Gasteiger partial charge in [0.05, 0.1) is 35.7 Å². The van der Waals surface area contributed by atoms with Gasteiger partial charge in [-0.15, -0.1) is 17.9 Å². The second-order valence-corrected chi connectivity index (χ2v) is 20.3. The molecule has 0 bridgehead atoms. The van der Waals surface area contributed by atoms with Crippen LogP contribution in [0.4, 0.5) is 14.7 Å². The molecule has 0 radical (unpaired) electrons. The van der Waals surface area contributed by atoms with Crippen LogP contribution in [-0.2, 0) is 24.3 Å². The Labute approximate surface area is 348 Å². The van der Waals surface area contributed by atoms with Gasteiger partial charge in [-0.3, -0.25) is 14.3 Å². The second kappa shape index (κ2) is 16.1. The number of benzene rings is 1. The molecule has 320 valence electrons. The van der Waals surface area contributed by atoms with Crippen LogP contribution in [0.25, 0.3) is 22.3 Å². The number of anilines is 1. The van der Waals surface area contributed by atoms with E-state index in [0.29, 0.717) is 46.6 Å². The summed E-state index contributed by atoms with van der Waals surface area (Å²) in [5.74, 6) is -1.15. The first-order valence-corrected chi connectivity index (χ1v) is 21.9. The fourth-order valence-electron chi connectivity index (χ4n) is 6.80. The molecule has 5 amide bonds. The lowest BCUT2D eigenvalue weighted by Crippen LogP contribution is -2.63. The maximum atomic E-state index is 14.6. The van der Waals surface area contributed by atoms with Gasteiger partial charge in [-0.05, 0) is 86.8 Å². The SMILES string of the molecule is C=C[C@@H]1CC1(NC(=O)[C@@H]1CC(Oc2cc(-c3csc(NC(C)C)n3)nc3cc(OC)ccc23)CN1C(=O)N(NC(=O)OC(C)(C)C)C(C)(C)C)C(=O)NS(=O)(=O)C1CC1. The van der Waals surface area contributed by atoms with Gasteiger partial charge >= 0.3 is 12.1 Å². The Bertz CT molecular complexity index is 2250. The predicted octanol–water partition coefficient (Wildman–Crippen LogP) is 5.34. The normalized spacial score (nSPS) is 21.7. The number of carbonyl (C=O) groups is 4. The highest BCUT2D eigenvalue weighted by molar-refractivity contribution is 7.91. The number of fused-ring (bicyclic) bond motifs is 1. The summed E-state index contributed by atoms with van der Waals surface area (Å²) >= 11 is 1.44. The van der Waals surface area contributed by atoms with Crippen molar-refractivity contribution in [3.8, 4) is 22.9 Å². The van der Waals surface area contributed by atoms with E-state index >= 15 is 0 Å². The number of rotatable bonds is 12. The van der Waals surface area contributed by atoms with Gasteiger partial charge in [0.2, 0.25) is 15.9 Å². The van der Waals surface area contributed by atoms with Gasteiger partial charge in [0.25, 0.3) is 5.91 Å². The number of pyridine rings is 1. The Morgan fingerprint density at radius 1 is 1.07 bits per heavy atom. The molecule has 17 nitrogen and oxygen atoms in total. The van der Waals surface area contributed by atoms with Crippen molar-refractivity contribution in [1.29, 1.82) is 0 Å². The van der Waals surface area contributed by atoms with Crippen molar-refractivity contribution in [3.63, 3.8) is 0 Å². The number of hydrogen-bond donors (Lipinski definition) is 4. The molecular formula is C40H54N8O9S2. The fourth-order valence-corrected chi connectivity index (χ4v) is 9.02. The molecular weight excluding hydrogens is 801 g/mol. The van der Waals surface area contributed by atoms with E-state index in [-0.39, 0.29) is 25.4 Å². The molecule has 3 aliphatic rings.